The Bertz CT molecular complexity index is 452. The summed E-state index contributed by atoms with van der Waals surface area (Å²) in [5, 5.41) is 9.60. The highest BCUT2D eigenvalue weighted by Gasteiger charge is 2.28. The number of hydrogen-bond donors (Lipinski definition) is 2. The van der Waals surface area contributed by atoms with Crippen LogP contribution in [0.3, 0.4) is 0 Å². The standard InChI is InChI=1S/C15H21NO2/c16-5-3-11-8-12(9-17)14(7-10-1-2-10)13-4-6-18-15(11)13/h8,10,17H,1-7,9,16H2. The molecule has 18 heavy (non-hydrogen) atoms. The topological polar surface area (TPSA) is 55.5 Å². The molecule has 1 aliphatic carbocycles. The Balaban J connectivity index is 2.03. The van der Waals surface area contributed by atoms with Crippen LogP contribution in [0.25, 0.3) is 0 Å². The summed E-state index contributed by atoms with van der Waals surface area (Å²) in [4.78, 5) is 0. The largest absolute Gasteiger partial charge is 0.493 e. The lowest BCUT2D eigenvalue weighted by molar-refractivity contribution is 0.280. The predicted molar refractivity (Wildman–Crippen MR) is 70.8 cm³/mol. The molecule has 0 spiro atoms. The highest BCUT2D eigenvalue weighted by atomic mass is 16.5. The molecule has 0 saturated heterocycles. The van der Waals surface area contributed by atoms with E-state index in [2.05, 4.69) is 6.07 Å². The molecule has 1 aliphatic heterocycles. The second-order valence-electron chi connectivity index (χ2n) is 5.42. The van der Waals surface area contributed by atoms with Crippen LogP contribution in [0.2, 0.25) is 0 Å². The molecule has 1 aromatic carbocycles. The minimum absolute atomic E-state index is 0.132. The van der Waals surface area contributed by atoms with Crippen molar-refractivity contribution in [3.63, 3.8) is 0 Å². The average Bonchev–Trinajstić information content (AvgIpc) is 3.05. The first-order valence-electron chi connectivity index (χ1n) is 6.93. The highest BCUT2D eigenvalue weighted by Crippen LogP contribution is 2.40. The van der Waals surface area contributed by atoms with E-state index in [0.717, 1.165) is 43.1 Å². The SMILES string of the molecule is NCCc1cc(CO)c(CC2CC2)c2c1OCC2. The van der Waals surface area contributed by atoms with Crippen molar-refractivity contribution in [1.82, 2.24) is 0 Å². The van der Waals surface area contributed by atoms with Crippen molar-refractivity contribution in [2.24, 2.45) is 11.7 Å². The van der Waals surface area contributed by atoms with Gasteiger partial charge in [-0.15, -0.1) is 0 Å². The Morgan fingerprint density at radius 3 is 2.83 bits per heavy atom. The number of nitrogens with two attached hydrogens (primary N) is 1. The zero-order valence-corrected chi connectivity index (χ0v) is 10.7. The smallest absolute Gasteiger partial charge is 0.126 e. The number of fused-ring (bicyclic) bond motifs is 1. The lowest BCUT2D eigenvalue weighted by Gasteiger charge is -2.16. The fraction of sp³-hybridized carbons (Fsp3) is 0.600. The van der Waals surface area contributed by atoms with Crippen molar-refractivity contribution in [2.45, 2.75) is 38.7 Å². The van der Waals surface area contributed by atoms with E-state index in [1.165, 1.54) is 29.5 Å². The molecule has 0 bridgehead atoms. The third kappa shape index (κ3) is 2.13. The third-order valence-electron chi connectivity index (χ3n) is 4.04. The fourth-order valence-electron chi connectivity index (χ4n) is 2.93. The van der Waals surface area contributed by atoms with E-state index in [1.807, 2.05) is 0 Å². The monoisotopic (exact) mass is 247 g/mol. The molecule has 1 heterocycles. The second-order valence-corrected chi connectivity index (χ2v) is 5.42. The van der Waals surface area contributed by atoms with Crippen LogP contribution in [-0.4, -0.2) is 18.3 Å². The zero-order valence-electron chi connectivity index (χ0n) is 10.7. The van der Waals surface area contributed by atoms with Gasteiger partial charge >= 0.3 is 0 Å². The average molecular weight is 247 g/mol. The van der Waals surface area contributed by atoms with E-state index in [0.29, 0.717) is 6.54 Å². The molecule has 98 valence electrons. The van der Waals surface area contributed by atoms with E-state index < -0.39 is 0 Å². The quantitative estimate of drug-likeness (QED) is 0.830. The van der Waals surface area contributed by atoms with Crippen molar-refractivity contribution >= 4 is 0 Å². The molecule has 3 rings (SSSR count). The van der Waals surface area contributed by atoms with Gasteiger partial charge < -0.3 is 15.6 Å². The Hall–Kier alpha value is -1.06. The summed E-state index contributed by atoms with van der Waals surface area (Å²) in [7, 11) is 0. The van der Waals surface area contributed by atoms with Crippen LogP contribution in [-0.2, 0) is 25.9 Å². The van der Waals surface area contributed by atoms with Crippen LogP contribution >= 0.6 is 0 Å². The molecule has 0 radical (unpaired) electrons. The summed E-state index contributed by atoms with van der Waals surface area (Å²) in [5.74, 6) is 1.90. The van der Waals surface area contributed by atoms with Gasteiger partial charge in [0.25, 0.3) is 0 Å². The number of aliphatic hydroxyl groups excluding tert-OH is 1. The molecule has 0 atom stereocenters. The summed E-state index contributed by atoms with van der Waals surface area (Å²) in [5.41, 5.74) is 10.6. The Labute approximate surface area is 108 Å². The molecular weight excluding hydrogens is 226 g/mol. The number of ether oxygens (including phenoxy) is 1. The first-order chi connectivity index (χ1) is 8.83. The molecule has 3 N–H and O–H groups in total. The molecule has 0 unspecified atom stereocenters. The molecular formula is C15H21NO2. The summed E-state index contributed by atoms with van der Waals surface area (Å²) in [6.45, 7) is 1.54. The first-order valence-corrected chi connectivity index (χ1v) is 6.93. The maximum atomic E-state index is 9.60. The van der Waals surface area contributed by atoms with Crippen LogP contribution < -0.4 is 10.5 Å². The predicted octanol–water partition coefficient (Wildman–Crippen LogP) is 1.57. The molecule has 3 heteroatoms. The molecule has 1 saturated carbocycles. The van der Waals surface area contributed by atoms with E-state index in [1.54, 1.807) is 0 Å². The summed E-state index contributed by atoms with van der Waals surface area (Å²) in [6.07, 6.45) is 5.61. The molecule has 1 aromatic rings. The van der Waals surface area contributed by atoms with Gasteiger partial charge in [-0.3, -0.25) is 0 Å². The maximum Gasteiger partial charge on any atom is 0.126 e. The van der Waals surface area contributed by atoms with Crippen molar-refractivity contribution in [3.05, 3.63) is 28.3 Å². The lowest BCUT2D eigenvalue weighted by Crippen LogP contribution is -2.07. The second kappa shape index (κ2) is 4.90. The molecule has 0 amide bonds. The van der Waals surface area contributed by atoms with Gasteiger partial charge in [0.05, 0.1) is 13.2 Å². The van der Waals surface area contributed by atoms with Gasteiger partial charge in [0.15, 0.2) is 0 Å². The third-order valence-corrected chi connectivity index (χ3v) is 4.04. The van der Waals surface area contributed by atoms with Crippen LogP contribution in [0.5, 0.6) is 5.75 Å². The van der Waals surface area contributed by atoms with Gasteiger partial charge in [-0.2, -0.15) is 0 Å². The minimum atomic E-state index is 0.132. The maximum absolute atomic E-state index is 9.60. The number of benzene rings is 1. The van der Waals surface area contributed by atoms with Crippen molar-refractivity contribution in [1.29, 1.82) is 0 Å². The van der Waals surface area contributed by atoms with Crippen molar-refractivity contribution in [3.8, 4) is 5.75 Å². The number of hydrogen-bond acceptors (Lipinski definition) is 3. The van der Waals surface area contributed by atoms with E-state index in [4.69, 9.17) is 10.5 Å². The van der Waals surface area contributed by atoms with Crippen LogP contribution in [0.15, 0.2) is 6.07 Å². The van der Waals surface area contributed by atoms with Gasteiger partial charge in [0, 0.05) is 12.0 Å². The van der Waals surface area contributed by atoms with Crippen LogP contribution in [0, 0.1) is 5.92 Å². The van der Waals surface area contributed by atoms with E-state index in [9.17, 15) is 5.11 Å². The normalized spacial score (nSPS) is 17.7. The van der Waals surface area contributed by atoms with Gasteiger partial charge in [0.1, 0.15) is 5.75 Å². The number of aliphatic hydroxyl groups is 1. The Kier molecular flexibility index (Phi) is 3.27. The lowest BCUT2D eigenvalue weighted by atomic mass is 9.91. The van der Waals surface area contributed by atoms with Crippen LogP contribution in [0.1, 0.15) is 35.1 Å². The summed E-state index contributed by atoms with van der Waals surface area (Å²) < 4.78 is 5.79. The van der Waals surface area contributed by atoms with Crippen LogP contribution in [0.4, 0.5) is 0 Å². The Morgan fingerprint density at radius 1 is 1.33 bits per heavy atom. The molecule has 1 fully saturated rings. The summed E-state index contributed by atoms with van der Waals surface area (Å²) >= 11 is 0. The van der Waals surface area contributed by atoms with Gasteiger partial charge in [-0.25, -0.2) is 0 Å². The van der Waals surface area contributed by atoms with E-state index in [-0.39, 0.29) is 6.61 Å². The van der Waals surface area contributed by atoms with Gasteiger partial charge in [0.2, 0.25) is 0 Å². The van der Waals surface area contributed by atoms with Crippen molar-refractivity contribution in [2.75, 3.05) is 13.2 Å². The minimum Gasteiger partial charge on any atom is -0.493 e. The Morgan fingerprint density at radius 2 is 2.17 bits per heavy atom. The molecule has 0 aromatic heterocycles. The number of rotatable bonds is 5. The van der Waals surface area contributed by atoms with Crippen molar-refractivity contribution < 1.29 is 9.84 Å². The fourth-order valence-corrected chi connectivity index (χ4v) is 2.93. The molecule has 3 nitrogen and oxygen atoms in total. The highest BCUT2D eigenvalue weighted by molar-refractivity contribution is 5.53. The van der Waals surface area contributed by atoms with Gasteiger partial charge in [-0.05, 0) is 60.9 Å². The summed E-state index contributed by atoms with van der Waals surface area (Å²) in [6, 6.07) is 2.11. The zero-order chi connectivity index (χ0) is 12.5. The molecule has 2 aliphatic rings. The van der Waals surface area contributed by atoms with Gasteiger partial charge in [-0.1, -0.05) is 0 Å². The van der Waals surface area contributed by atoms with E-state index >= 15 is 0 Å². The first kappa shape index (κ1) is 12.0.